The molecule has 1 aliphatic rings. The van der Waals surface area contributed by atoms with E-state index in [0.717, 1.165) is 38.4 Å². The van der Waals surface area contributed by atoms with E-state index in [4.69, 9.17) is 4.74 Å². The van der Waals surface area contributed by atoms with Gasteiger partial charge in [0.05, 0.1) is 13.2 Å². The molecule has 1 heterocycles. The highest BCUT2D eigenvalue weighted by Gasteiger charge is 2.09. The molecule has 114 valence electrons. The summed E-state index contributed by atoms with van der Waals surface area (Å²) in [7, 11) is 0. The SMILES string of the molecule is C=C(c1ccccc1)c1ccc(CNN2CCOCC2)cc1. The van der Waals surface area contributed by atoms with Gasteiger partial charge in [0.25, 0.3) is 0 Å². The van der Waals surface area contributed by atoms with Gasteiger partial charge >= 0.3 is 0 Å². The van der Waals surface area contributed by atoms with Crippen LogP contribution >= 0.6 is 0 Å². The standard InChI is InChI=1S/C19H22N2O/c1-16(18-5-3-2-4-6-18)19-9-7-17(8-10-19)15-20-21-11-13-22-14-12-21/h2-10,20H,1,11-15H2. The third-order valence-corrected chi connectivity index (χ3v) is 3.94. The molecule has 22 heavy (non-hydrogen) atoms. The van der Waals surface area contributed by atoms with Crippen molar-refractivity contribution in [3.8, 4) is 0 Å². The lowest BCUT2D eigenvalue weighted by atomic mass is 9.99. The van der Waals surface area contributed by atoms with Gasteiger partial charge in [-0.1, -0.05) is 61.2 Å². The Morgan fingerprint density at radius 2 is 1.59 bits per heavy atom. The van der Waals surface area contributed by atoms with Crippen LogP contribution in [0.25, 0.3) is 5.57 Å². The summed E-state index contributed by atoms with van der Waals surface area (Å²) in [5, 5.41) is 2.22. The summed E-state index contributed by atoms with van der Waals surface area (Å²) in [4.78, 5) is 0. The molecule has 0 saturated carbocycles. The molecular weight excluding hydrogens is 272 g/mol. The summed E-state index contributed by atoms with van der Waals surface area (Å²) >= 11 is 0. The van der Waals surface area contributed by atoms with Crippen molar-refractivity contribution < 1.29 is 4.74 Å². The molecule has 0 amide bonds. The van der Waals surface area contributed by atoms with Gasteiger partial charge in [0.1, 0.15) is 0 Å². The number of hydrazine groups is 1. The zero-order valence-corrected chi connectivity index (χ0v) is 12.8. The maximum atomic E-state index is 5.34. The first-order valence-corrected chi connectivity index (χ1v) is 7.73. The molecule has 0 atom stereocenters. The summed E-state index contributed by atoms with van der Waals surface area (Å²) < 4.78 is 5.34. The first kappa shape index (κ1) is 15.0. The quantitative estimate of drug-likeness (QED) is 0.917. The second-order valence-electron chi connectivity index (χ2n) is 5.48. The minimum Gasteiger partial charge on any atom is -0.379 e. The molecule has 2 aromatic carbocycles. The largest absolute Gasteiger partial charge is 0.379 e. The average Bonchev–Trinajstić information content (AvgIpc) is 2.61. The maximum absolute atomic E-state index is 5.34. The number of ether oxygens (including phenoxy) is 1. The van der Waals surface area contributed by atoms with E-state index in [1.807, 2.05) is 18.2 Å². The van der Waals surface area contributed by atoms with Crippen molar-refractivity contribution >= 4 is 5.57 Å². The third-order valence-electron chi connectivity index (χ3n) is 3.94. The van der Waals surface area contributed by atoms with E-state index in [9.17, 15) is 0 Å². The lowest BCUT2D eigenvalue weighted by molar-refractivity contribution is 0.0106. The third kappa shape index (κ3) is 3.83. The van der Waals surface area contributed by atoms with Gasteiger partial charge in [-0.2, -0.15) is 0 Å². The maximum Gasteiger partial charge on any atom is 0.0608 e. The molecule has 1 saturated heterocycles. The first-order valence-electron chi connectivity index (χ1n) is 7.73. The van der Waals surface area contributed by atoms with Crippen molar-refractivity contribution in [2.24, 2.45) is 0 Å². The molecule has 0 bridgehead atoms. The summed E-state index contributed by atoms with van der Waals surface area (Å²) in [5.41, 5.74) is 8.12. The molecule has 3 nitrogen and oxygen atoms in total. The summed E-state index contributed by atoms with van der Waals surface area (Å²) in [6.45, 7) is 8.56. The zero-order valence-electron chi connectivity index (χ0n) is 12.8. The van der Waals surface area contributed by atoms with Crippen LogP contribution in [0.15, 0.2) is 61.2 Å². The van der Waals surface area contributed by atoms with Gasteiger partial charge in [-0.15, -0.1) is 0 Å². The van der Waals surface area contributed by atoms with E-state index in [2.05, 4.69) is 53.4 Å². The number of morpholine rings is 1. The van der Waals surface area contributed by atoms with Crippen LogP contribution in [-0.4, -0.2) is 31.3 Å². The Hall–Kier alpha value is -1.94. The van der Waals surface area contributed by atoms with Crippen molar-refractivity contribution in [2.45, 2.75) is 6.54 Å². The smallest absolute Gasteiger partial charge is 0.0608 e. The molecule has 3 heteroatoms. The molecule has 2 aromatic rings. The molecule has 3 rings (SSSR count). The van der Waals surface area contributed by atoms with Gasteiger partial charge in [0.15, 0.2) is 0 Å². The van der Waals surface area contributed by atoms with E-state index in [1.54, 1.807) is 0 Å². The fourth-order valence-corrected chi connectivity index (χ4v) is 2.55. The Balaban J connectivity index is 1.59. The average molecular weight is 294 g/mol. The zero-order chi connectivity index (χ0) is 15.2. The van der Waals surface area contributed by atoms with Crippen LogP contribution in [-0.2, 0) is 11.3 Å². The Kier molecular flexibility index (Phi) is 5.01. The Labute approximate surface area is 132 Å². The second kappa shape index (κ2) is 7.36. The lowest BCUT2D eigenvalue weighted by Gasteiger charge is -2.27. The molecule has 0 aliphatic carbocycles. The normalized spacial score (nSPS) is 15.6. The van der Waals surface area contributed by atoms with Crippen LogP contribution < -0.4 is 5.43 Å². The fraction of sp³-hybridized carbons (Fsp3) is 0.263. The Morgan fingerprint density at radius 3 is 2.27 bits per heavy atom. The molecule has 0 aromatic heterocycles. The van der Waals surface area contributed by atoms with Gasteiger partial charge in [-0.05, 0) is 22.3 Å². The Bertz CT molecular complexity index is 601. The number of hydrogen-bond acceptors (Lipinski definition) is 3. The van der Waals surface area contributed by atoms with E-state index < -0.39 is 0 Å². The minimum atomic E-state index is 0.808. The van der Waals surface area contributed by atoms with Crippen LogP contribution in [0.1, 0.15) is 16.7 Å². The molecule has 1 N–H and O–H groups in total. The molecule has 0 radical (unpaired) electrons. The fourth-order valence-electron chi connectivity index (χ4n) is 2.55. The van der Waals surface area contributed by atoms with Gasteiger partial charge in [-0.25, -0.2) is 5.01 Å². The van der Waals surface area contributed by atoms with E-state index in [1.165, 1.54) is 16.7 Å². The number of benzene rings is 2. The van der Waals surface area contributed by atoms with Crippen LogP contribution in [0.3, 0.4) is 0 Å². The van der Waals surface area contributed by atoms with Gasteiger partial charge in [0.2, 0.25) is 0 Å². The number of nitrogens with one attached hydrogen (secondary N) is 1. The highest BCUT2D eigenvalue weighted by Crippen LogP contribution is 2.21. The van der Waals surface area contributed by atoms with Gasteiger partial charge in [-0.3, -0.25) is 5.43 Å². The van der Waals surface area contributed by atoms with Crippen LogP contribution in [0, 0.1) is 0 Å². The summed E-state index contributed by atoms with van der Waals surface area (Å²) in [6.07, 6.45) is 0. The van der Waals surface area contributed by atoms with E-state index in [0.29, 0.717) is 0 Å². The van der Waals surface area contributed by atoms with E-state index >= 15 is 0 Å². The van der Waals surface area contributed by atoms with Crippen molar-refractivity contribution in [3.05, 3.63) is 77.9 Å². The minimum absolute atomic E-state index is 0.808. The summed E-state index contributed by atoms with van der Waals surface area (Å²) in [5.74, 6) is 0. The predicted molar refractivity (Wildman–Crippen MR) is 90.3 cm³/mol. The van der Waals surface area contributed by atoms with Crippen molar-refractivity contribution in [3.63, 3.8) is 0 Å². The monoisotopic (exact) mass is 294 g/mol. The molecule has 1 aliphatic heterocycles. The van der Waals surface area contributed by atoms with E-state index in [-0.39, 0.29) is 0 Å². The van der Waals surface area contributed by atoms with Gasteiger partial charge in [0, 0.05) is 19.6 Å². The first-order chi connectivity index (χ1) is 10.8. The van der Waals surface area contributed by atoms with Gasteiger partial charge < -0.3 is 4.74 Å². The Morgan fingerprint density at radius 1 is 0.955 bits per heavy atom. The predicted octanol–water partition coefficient (Wildman–Crippen LogP) is 3.08. The molecule has 1 fully saturated rings. The number of hydrogen-bond donors (Lipinski definition) is 1. The number of rotatable bonds is 5. The van der Waals surface area contributed by atoms with Crippen LogP contribution in [0.2, 0.25) is 0 Å². The highest BCUT2D eigenvalue weighted by atomic mass is 16.5. The molecular formula is C19H22N2O. The summed E-state index contributed by atoms with van der Waals surface area (Å²) in [6, 6.07) is 18.9. The van der Waals surface area contributed by atoms with Crippen molar-refractivity contribution in [2.75, 3.05) is 26.3 Å². The number of nitrogens with zero attached hydrogens (tertiary/aromatic N) is 1. The van der Waals surface area contributed by atoms with Crippen molar-refractivity contribution in [1.82, 2.24) is 10.4 Å². The highest BCUT2D eigenvalue weighted by molar-refractivity contribution is 5.77. The molecule has 0 unspecified atom stereocenters. The van der Waals surface area contributed by atoms with Crippen molar-refractivity contribution in [1.29, 1.82) is 0 Å². The molecule has 0 spiro atoms. The van der Waals surface area contributed by atoms with Crippen LogP contribution in [0.4, 0.5) is 0 Å². The van der Waals surface area contributed by atoms with Crippen LogP contribution in [0.5, 0.6) is 0 Å². The lowest BCUT2D eigenvalue weighted by Crippen LogP contribution is -2.45. The second-order valence-corrected chi connectivity index (χ2v) is 5.48. The topological polar surface area (TPSA) is 24.5 Å².